The number of nitrogens with zero attached hydrogens (tertiary/aromatic N) is 1. The Hall–Kier alpha value is -1.53. The predicted octanol–water partition coefficient (Wildman–Crippen LogP) is 0.690. The van der Waals surface area contributed by atoms with E-state index >= 15 is 0 Å². The largest absolute Gasteiger partial charge is 0.377 e. The molecular formula is C13H18FN3O2. The summed E-state index contributed by atoms with van der Waals surface area (Å²) in [5, 5.41) is 3.09. The molecule has 1 aromatic heterocycles. The van der Waals surface area contributed by atoms with Gasteiger partial charge in [-0.2, -0.15) is 0 Å². The van der Waals surface area contributed by atoms with Crippen LogP contribution in [0.2, 0.25) is 0 Å². The van der Waals surface area contributed by atoms with Gasteiger partial charge >= 0.3 is 0 Å². The molecule has 1 saturated heterocycles. The van der Waals surface area contributed by atoms with Gasteiger partial charge in [0, 0.05) is 13.2 Å². The molecule has 2 rings (SSSR count). The molecule has 1 aliphatic heterocycles. The topological polar surface area (TPSA) is 77.2 Å². The molecule has 3 N–H and O–H groups in total. The maximum atomic E-state index is 12.9. The van der Waals surface area contributed by atoms with Crippen molar-refractivity contribution in [3.8, 4) is 0 Å². The number of ether oxygens (including phenoxy) is 1. The van der Waals surface area contributed by atoms with Crippen molar-refractivity contribution in [2.24, 2.45) is 5.73 Å². The summed E-state index contributed by atoms with van der Waals surface area (Å²) >= 11 is 0. The van der Waals surface area contributed by atoms with E-state index in [0.29, 0.717) is 12.2 Å². The highest BCUT2D eigenvalue weighted by molar-refractivity contribution is 5.85. The van der Waals surface area contributed by atoms with Crippen LogP contribution in [-0.2, 0) is 15.1 Å². The number of amides is 1. The van der Waals surface area contributed by atoms with Gasteiger partial charge in [-0.15, -0.1) is 0 Å². The summed E-state index contributed by atoms with van der Waals surface area (Å²) in [6, 6.07) is 2.72. The van der Waals surface area contributed by atoms with Gasteiger partial charge in [0.1, 0.15) is 11.4 Å². The van der Waals surface area contributed by atoms with Gasteiger partial charge in [0.25, 0.3) is 0 Å². The van der Waals surface area contributed by atoms with Gasteiger partial charge in [-0.3, -0.25) is 15.1 Å². The molecule has 1 aromatic rings. The fourth-order valence-corrected chi connectivity index (χ4v) is 2.10. The van der Waals surface area contributed by atoms with Crippen LogP contribution >= 0.6 is 0 Å². The average molecular weight is 267 g/mol. The maximum Gasteiger partial charge on any atom is 0.243 e. The molecule has 0 aromatic carbocycles. The second-order valence-electron chi connectivity index (χ2n) is 4.87. The standard InChI is InChI=1S/C13H18FN3O2/c1-13(12(15)18,11-5-4-9(14)7-16-11)17-8-10-3-2-6-19-10/h4-5,7,10,17H,2-3,6,8H2,1H3,(H2,15,18). The van der Waals surface area contributed by atoms with E-state index in [9.17, 15) is 9.18 Å². The third kappa shape index (κ3) is 3.08. The average Bonchev–Trinajstić information content (AvgIpc) is 2.89. The van der Waals surface area contributed by atoms with E-state index in [0.717, 1.165) is 25.6 Å². The summed E-state index contributed by atoms with van der Waals surface area (Å²) in [7, 11) is 0. The first kappa shape index (κ1) is 13.9. The predicted molar refractivity (Wildman–Crippen MR) is 67.7 cm³/mol. The minimum absolute atomic E-state index is 0.0825. The first-order chi connectivity index (χ1) is 9.02. The number of carbonyl (C=O) groups is 1. The molecule has 1 amide bonds. The number of primary amides is 1. The third-order valence-corrected chi connectivity index (χ3v) is 3.44. The number of hydrogen-bond donors (Lipinski definition) is 2. The molecule has 19 heavy (non-hydrogen) atoms. The van der Waals surface area contributed by atoms with Crippen LogP contribution in [0.1, 0.15) is 25.5 Å². The molecule has 104 valence electrons. The second kappa shape index (κ2) is 5.63. The molecule has 1 aliphatic rings. The lowest BCUT2D eigenvalue weighted by Gasteiger charge is -2.28. The SMILES string of the molecule is CC(NCC1CCCO1)(C(N)=O)c1ccc(F)cn1. The fourth-order valence-electron chi connectivity index (χ4n) is 2.10. The van der Waals surface area contributed by atoms with E-state index in [1.165, 1.54) is 12.1 Å². The van der Waals surface area contributed by atoms with Gasteiger partial charge < -0.3 is 10.5 Å². The maximum absolute atomic E-state index is 12.9. The monoisotopic (exact) mass is 267 g/mol. The lowest BCUT2D eigenvalue weighted by Crippen LogP contribution is -2.52. The number of aromatic nitrogens is 1. The molecule has 5 nitrogen and oxygen atoms in total. The molecule has 2 unspecified atom stereocenters. The van der Waals surface area contributed by atoms with Gasteiger partial charge in [-0.25, -0.2) is 4.39 Å². The van der Waals surface area contributed by atoms with E-state index in [1.54, 1.807) is 6.92 Å². The highest BCUT2D eigenvalue weighted by Gasteiger charge is 2.35. The molecule has 0 saturated carbocycles. The number of nitrogens with one attached hydrogen (secondary N) is 1. The number of rotatable bonds is 5. The Morgan fingerprint density at radius 3 is 3.00 bits per heavy atom. The first-order valence-corrected chi connectivity index (χ1v) is 6.31. The molecule has 0 bridgehead atoms. The Bertz CT molecular complexity index is 446. The molecule has 1 fully saturated rings. The van der Waals surface area contributed by atoms with Gasteiger partial charge in [-0.05, 0) is 31.9 Å². The van der Waals surface area contributed by atoms with Crippen LogP contribution in [-0.4, -0.2) is 30.1 Å². The molecule has 0 spiro atoms. The third-order valence-electron chi connectivity index (χ3n) is 3.44. The Labute approximate surface area is 111 Å². The van der Waals surface area contributed by atoms with Gasteiger partial charge in [0.05, 0.1) is 18.0 Å². The van der Waals surface area contributed by atoms with E-state index in [-0.39, 0.29) is 6.10 Å². The smallest absolute Gasteiger partial charge is 0.243 e. The van der Waals surface area contributed by atoms with E-state index in [2.05, 4.69) is 10.3 Å². The van der Waals surface area contributed by atoms with Crippen LogP contribution in [0.4, 0.5) is 4.39 Å². The number of carbonyl (C=O) groups excluding carboxylic acids is 1. The summed E-state index contributed by atoms with van der Waals surface area (Å²) in [5.41, 5.74) is 4.73. The molecule has 0 aliphatic carbocycles. The van der Waals surface area contributed by atoms with Crippen molar-refractivity contribution < 1.29 is 13.9 Å². The Balaban J connectivity index is 2.12. The van der Waals surface area contributed by atoms with Gasteiger partial charge in [-0.1, -0.05) is 0 Å². The molecule has 0 radical (unpaired) electrons. The zero-order valence-corrected chi connectivity index (χ0v) is 10.9. The lowest BCUT2D eigenvalue weighted by molar-refractivity contribution is -0.124. The Morgan fingerprint density at radius 1 is 1.68 bits per heavy atom. The van der Waals surface area contributed by atoms with Crippen LogP contribution in [0.25, 0.3) is 0 Å². The zero-order valence-electron chi connectivity index (χ0n) is 10.9. The fraction of sp³-hybridized carbons (Fsp3) is 0.538. The number of hydrogen-bond acceptors (Lipinski definition) is 4. The number of halogens is 1. The summed E-state index contributed by atoms with van der Waals surface area (Å²) in [6.45, 7) is 2.90. The van der Waals surface area contributed by atoms with Crippen LogP contribution in [0.3, 0.4) is 0 Å². The summed E-state index contributed by atoms with van der Waals surface area (Å²) < 4.78 is 18.4. The summed E-state index contributed by atoms with van der Waals surface area (Å²) in [5.74, 6) is -1.00. The lowest BCUT2D eigenvalue weighted by atomic mass is 9.95. The summed E-state index contributed by atoms with van der Waals surface area (Å²) in [6.07, 6.45) is 3.14. The highest BCUT2D eigenvalue weighted by Crippen LogP contribution is 2.20. The van der Waals surface area contributed by atoms with E-state index < -0.39 is 17.3 Å². The Morgan fingerprint density at radius 2 is 2.47 bits per heavy atom. The van der Waals surface area contributed by atoms with Crippen molar-refractivity contribution in [2.45, 2.75) is 31.4 Å². The van der Waals surface area contributed by atoms with E-state index in [4.69, 9.17) is 10.5 Å². The first-order valence-electron chi connectivity index (χ1n) is 6.31. The second-order valence-corrected chi connectivity index (χ2v) is 4.87. The van der Waals surface area contributed by atoms with Crippen molar-refractivity contribution in [3.63, 3.8) is 0 Å². The molecule has 6 heteroatoms. The van der Waals surface area contributed by atoms with Gasteiger partial charge in [0.2, 0.25) is 5.91 Å². The highest BCUT2D eigenvalue weighted by atomic mass is 19.1. The zero-order chi connectivity index (χ0) is 13.9. The minimum Gasteiger partial charge on any atom is -0.377 e. The quantitative estimate of drug-likeness (QED) is 0.823. The molecule has 2 atom stereocenters. The normalized spacial score (nSPS) is 22.1. The van der Waals surface area contributed by atoms with Crippen LogP contribution in [0, 0.1) is 5.82 Å². The molecule has 2 heterocycles. The minimum atomic E-state index is -1.13. The Kier molecular flexibility index (Phi) is 4.11. The van der Waals surface area contributed by atoms with Crippen LogP contribution < -0.4 is 11.1 Å². The van der Waals surface area contributed by atoms with Crippen LogP contribution in [0.15, 0.2) is 18.3 Å². The number of nitrogens with two attached hydrogens (primary N) is 1. The van der Waals surface area contributed by atoms with Crippen molar-refractivity contribution in [2.75, 3.05) is 13.2 Å². The van der Waals surface area contributed by atoms with Crippen LogP contribution in [0.5, 0.6) is 0 Å². The summed E-state index contributed by atoms with van der Waals surface area (Å²) in [4.78, 5) is 15.6. The van der Waals surface area contributed by atoms with Crippen molar-refractivity contribution >= 4 is 5.91 Å². The van der Waals surface area contributed by atoms with Crippen molar-refractivity contribution in [1.29, 1.82) is 0 Å². The van der Waals surface area contributed by atoms with E-state index in [1.807, 2.05) is 0 Å². The molecular weight excluding hydrogens is 249 g/mol. The number of pyridine rings is 1. The van der Waals surface area contributed by atoms with Crippen molar-refractivity contribution in [1.82, 2.24) is 10.3 Å². The van der Waals surface area contributed by atoms with Gasteiger partial charge in [0.15, 0.2) is 0 Å². The van der Waals surface area contributed by atoms with Crippen molar-refractivity contribution in [3.05, 3.63) is 29.8 Å².